The topological polar surface area (TPSA) is 29.5 Å². The number of benzene rings is 1. The van der Waals surface area contributed by atoms with Gasteiger partial charge in [0.05, 0.1) is 11.5 Å². The van der Waals surface area contributed by atoms with Crippen LogP contribution in [0.4, 0.5) is 5.69 Å². The van der Waals surface area contributed by atoms with Crippen LogP contribution in [0.3, 0.4) is 0 Å². The van der Waals surface area contributed by atoms with Crippen molar-refractivity contribution in [2.24, 2.45) is 0 Å². The monoisotopic (exact) mass is 321 g/mol. The van der Waals surface area contributed by atoms with Crippen molar-refractivity contribution in [3.8, 4) is 10.4 Å². The smallest absolute Gasteiger partial charge is 0.347 e. The van der Waals surface area contributed by atoms with Gasteiger partial charge < -0.3 is 9.64 Å². The van der Waals surface area contributed by atoms with Crippen LogP contribution in [0, 0.1) is 0 Å². The lowest BCUT2D eigenvalue weighted by Gasteiger charge is -2.15. The molecule has 0 aliphatic heterocycles. The van der Waals surface area contributed by atoms with E-state index >= 15 is 0 Å². The van der Waals surface area contributed by atoms with E-state index in [1.54, 1.807) is 0 Å². The number of carbonyl (C=O) groups excluding carboxylic acids is 1. The number of halogens is 1. The van der Waals surface area contributed by atoms with Gasteiger partial charge in [0.25, 0.3) is 0 Å². The number of hydrogen-bond donors (Lipinski definition) is 0. The third-order valence-corrected chi connectivity index (χ3v) is 4.69. The second-order valence-corrected chi connectivity index (χ2v) is 6.31. The van der Waals surface area contributed by atoms with Crippen molar-refractivity contribution < 1.29 is 9.53 Å². The Bertz CT molecular complexity index is 652. The molecular formula is C15H17BClNO2S. The maximum atomic E-state index is 12.1. The quantitative estimate of drug-likeness (QED) is 0.640. The van der Waals surface area contributed by atoms with Crippen molar-refractivity contribution in [1.29, 1.82) is 0 Å². The average Bonchev–Trinajstić information content (AvgIpc) is 2.77. The minimum Gasteiger partial charge on any atom is -0.462 e. The van der Waals surface area contributed by atoms with Gasteiger partial charge in [0, 0.05) is 24.8 Å². The van der Waals surface area contributed by atoms with Gasteiger partial charge in [-0.2, -0.15) is 0 Å². The Balaban J connectivity index is 2.57. The molecule has 0 unspecified atom stereocenters. The van der Waals surface area contributed by atoms with Gasteiger partial charge in [-0.15, -0.1) is 11.3 Å². The molecule has 0 aliphatic carbocycles. The molecule has 0 bridgehead atoms. The maximum Gasteiger partial charge on any atom is 0.347 e. The average molecular weight is 322 g/mol. The molecule has 0 N–H and O–H groups in total. The molecule has 3 nitrogen and oxygen atoms in total. The van der Waals surface area contributed by atoms with E-state index in [2.05, 4.69) is 0 Å². The van der Waals surface area contributed by atoms with E-state index in [1.165, 1.54) is 11.3 Å². The highest BCUT2D eigenvalue weighted by Gasteiger charge is 2.22. The first kappa shape index (κ1) is 15.9. The van der Waals surface area contributed by atoms with Crippen molar-refractivity contribution in [2.75, 3.05) is 25.6 Å². The highest BCUT2D eigenvalue weighted by atomic mass is 35.5. The largest absolute Gasteiger partial charge is 0.462 e. The summed E-state index contributed by atoms with van der Waals surface area (Å²) in [6.45, 7) is 2.19. The van der Waals surface area contributed by atoms with E-state index < -0.39 is 0 Å². The van der Waals surface area contributed by atoms with Crippen LogP contribution < -0.4 is 10.4 Å². The van der Waals surface area contributed by atoms with Gasteiger partial charge in [-0.25, -0.2) is 4.79 Å². The first-order valence-electron chi connectivity index (χ1n) is 6.69. The number of ether oxygens (including phenoxy) is 1. The summed E-state index contributed by atoms with van der Waals surface area (Å²) in [6.07, 6.45) is 0. The lowest BCUT2D eigenvalue weighted by atomic mass is 9.92. The zero-order valence-corrected chi connectivity index (χ0v) is 14.1. The summed E-state index contributed by atoms with van der Waals surface area (Å²) in [5, 5.41) is 0.698. The van der Waals surface area contributed by atoms with Crippen LogP contribution in [-0.2, 0) is 4.74 Å². The Morgan fingerprint density at radius 3 is 2.48 bits per heavy atom. The Hall–Kier alpha value is -1.46. The van der Waals surface area contributed by atoms with Gasteiger partial charge in [-0.05, 0) is 30.1 Å². The Labute approximate surface area is 134 Å². The molecule has 0 spiro atoms. The van der Waals surface area contributed by atoms with E-state index in [4.69, 9.17) is 16.3 Å². The van der Waals surface area contributed by atoms with Crippen LogP contribution in [0.5, 0.6) is 0 Å². The SMILES string of the molecule is Bc1c(C(=O)OCC)sc(-c2ccc(Cl)cc2)c1N(C)C. The molecule has 0 fully saturated rings. The number of hydrogen-bond acceptors (Lipinski definition) is 4. The summed E-state index contributed by atoms with van der Waals surface area (Å²) >= 11 is 7.41. The zero-order chi connectivity index (χ0) is 15.6. The van der Waals surface area contributed by atoms with Crippen LogP contribution in [0.1, 0.15) is 16.6 Å². The molecule has 2 aromatic rings. The molecule has 6 heteroatoms. The number of nitrogens with zero attached hydrogens (tertiary/aromatic N) is 1. The van der Waals surface area contributed by atoms with Crippen LogP contribution in [0.2, 0.25) is 5.02 Å². The summed E-state index contributed by atoms with van der Waals surface area (Å²) in [7, 11) is 5.91. The number of thiophene rings is 1. The molecule has 0 saturated heterocycles. The lowest BCUT2D eigenvalue weighted by molar-refractivity contribution is 0.0533. The fraction of sp³-hybridized carbons (Fsp3) is 0.267. The first-order valence-corrected chi connectivity index (χ1v) is 7.89. The van der Waals surface area contributed by atoms with Gasteiger partial charge in [0.15, 0.2) is 0 Å². The maximum absolute atomic E-state index is 12.1. The van der Waals surface area contributed by atoms with Gasteiger partial charge >= 0.3 is 5.97 Å². The van der Waals surface area contributed by atoms with Gasteiger partial charge in [-0.1, -0.05) is 23.7 Å². The van der Waals surface area contributed by atoms with E-state index in [0.29, 0.717) is 16.5 Å². The minimum absolute atomic E-state index is 0.261. The fourth-order valence-electron chi connectivity index (χ4n) is 2.23. The van der Waals surface area contributed by atoms with Crippen molar-refractivity contribution in [2.45, 2.75) is 6.92 Å². The predicted molar refractivity (Wildman–Crippen MR) is 93.2 cm³/mol. The van der Waals surface area contributed by atoms with Gasteiger partial charge in [-0.3, -0.25) is 0 Å². The second kappa shape index (κ2) is 6.54. The molecule has 21 heavy (non-hydrogen) atoms. The first-order chi connectivity index (χ1) is 9.95. The van der Waals surface area contributed by atoms with Crippen LogP contribution in [0.25, 0.3) is 10.4 Å². The molecular weight excluding hydrogens is 305 g/mol. The molecule has 110 valence electrons. The molecule has 1 aromatic carbocycles. The molecule has 0 amide bonds. The van der Waals surface area contributed by atoms with Crippen LogP contribution in [-0.4, -0.2) is 34.5 Å². The summed E-state index contributed by atoms with van der Waals surface area (Å²) < 4.78 is 5.14. The normalized spacial score (nSPS) is 10.5. The second-order valence-electron chi connectivity index (χ2n) is 4.86. The zero-order valence-electron chi connectivity index (χ0n) is 12.6. The third kappa shape index (κ3) is 3.25. The Kier molecular flexibility index (Phi) is 4.96. The summed E-state index contributed by atoms with van der Waals surface area (Å²) in [5.41, 5.74) is 3.05. The molecule has 1 aromatic heterocycles. The molecule has 0 radical (unpaired) electrons. The van der Waals surface area contributed by atoms with Gasteiger partial charge in [0.1, 0.15) is 12.7 Å². The number of rotatable bonds is 4. The van der Waals surface area contributed by atoms with E-state index in [9.17, 15) is 4.79 Å². The number of carbonyl (C=O) groups is 1. The lowest BCUT2D eigenvalue weighted by Crippen LogP contribution is -2.22. The van der Waals surface area contributed by atoms with Crippen LogP contribution >= 0.6 is 22.9 Å². The summed E-state index contributed by atoms with van der Waals surface area (Å²) in [6, 6.07) is 7.65. The third-order valence-electron chi connectivity index (χ3n) is 3.13. The highest BCUT2D eigenvalue weighted by Crippen LogP contribution is 2.36. The van der Waals surface area contributed by atoms with E-state index in [-0.39, 0.29) is 5.97 Å². The predicted octanol–water partition coefficient (Wildman–Crippen LogP) is 2.57. The van der Waals surface area contributed by atoms with Crippen molar-refractivity contribution in [3.63, 3.8) is 0 Å². The minimum atomic E-state index is -0.261. The molecule has 0 atom stereocenters. The Morgan fingerprint density at radius 1 is 1.33 bits per heavy atom. The van der Waals surface area contributed by atoms with Crippen molar-refractivity contribution in [1.82, 2.24) is 0 Å². The fourth-order valence-corrected chi connectivity index (χ4v) is 3.64. The molecule has 1 heterocycles. The van der Waals surface area contributed by atoms with Gasteiger partial charge in [0.2, 0.25) is 0 Å². The molecule has 0 saturated carbocycles. The van der Waals surface area contributed by atoms with E-state index in [0.717, 1.165) is 21.6 Å². The van der Waals surface area contributed by atoms with E-state index in [1.807, 2.05) is 58.0 Å². The van der Waals surface area contributed by atoms with Crippen molar-refractivity contribution in [3.05, 3.63) is 34.2 Å². The number of anilines is 1. The van der Waals surface area contributed by atoms with Crippen LogP contribution in [0.15, 0.2) is 24.3 Å². The highest BCUT2D eigenvalue weighted by molar-refractivity contribution is 7.19. The number of esters is 1. The molecule has 2 rings (SSSR count). The summed E-state index contributed by atoms with van der Waals surface area (Å²) in [5.74, 6) is -0.261. The summed E-state index contributed by atoms with van der Waals surface area (Å²) in [4.78, 5) is 15.8. The van der Waals surface area contributed by atoms with Crippen molar-refractivity contribution >= 4 is 47.9 Å². The molecule has 0 aliphatic rings. The standard InChI is InChI=1S/C15H17BClNO2S/c1-4-20-15(19)14-11(16)12(18(2)3)13(21-14)9-5-7-10(17)8-6-9/h5-8H,4,16H2,1-3H3. The Morgan fingerprint density at radius 2 is 1.95 bits per heavy atom.